The number of unbranched alkanes of at least 4 members (excludes halogenated alkanes) is 2. The lowest BCUT2D eigenvalue weighted by atomic mass is 9.91. The molecule has 0 saturated carbocycles. The van der Waals surface area contributed by atoms with Crippen LogP contribution in [0.5, 0.6) is 0 Å². The highest BCUT2D eigenvalue weighted by atomic mass is 16.3. The molecule has 2 aromatic carbocycles. The first-order valence-electron chi connectivity index (χ1n) is 8.24. The van der Waals surface area contributed by atoms with Crippen molar-refractivity contribution in [2.75, 3.05) is 13.2 Å². The fraction of sp³-hybridized carbons (Fsp3) is 0.400. The molecule has 0 atom stereocenters. The number of rotatable bonds is 9. The molecule has 2 rings (SSSR count). The standard InChI is InChI=1S/C20H26O2/c21-15-7-5-11-17-9-1-3-13-19(17)20-14-4-2-10-18(20)12-6-8-16-22/h1-4,9-10,13-14,21-22H,5-8,11-12,15-16H2. The van der Waals surface area contributed by atoms with Crippen LogP contribution in [0, 0.1) is 0 Å². The summed E-state index contributed by atoms with van der Waals surface area (Å²) in [6, 6.07) is 17.1. The van der Waals surface area contributed by atoms with Gasteiger partial charge in [0.1, 0.15) is 0 Å². The molecular formula is C20H26O2. The van der Waals surface area contributed by atoms with Gasteiger partial charge in [-0.25, -0.2) is 0 Å². The highest BCUT2D eigenvalue weighted by Gasteiger charge is 2.08. The third-order valence-electron chi connectivity index (χ3n) is 4.03. The Morgan fingerprint density at radius 3 is 1.36 bits per heavy atom. The van der Waals surface area contributed by atoms with Gasteiger partial charge < -0.3 is 10.2 Å². The predicted molar refractivity (Wildman–Crippen MR) is 91.9 cm³/mol. The highest BCUT2D eigenvalue weighted by Crippen LogP contribution is 2.29. The lowest BCUT2D eigenvalue weighted by Crippen LogP contribution is -1.96. The summed E-state index contributed by atoms with van der Waals surface area (Å²) < 4.78 is 0. The van der Waals surface area contributed by atoms with E-state index in [-0.39, 0.29) is 13.2 Å². The number of aryl methyl sites for hydroxylation is 2. The van der Waals surface area contributed by atoms with Gasteiger partial charge in [0.2, 0.25) is 0 Å². The topological polar surface area (TPSA) is 40.5 Å². The first-order valence-corrected chi connectivity index (χ1v) is 8.24. The maximum Gasteiger partial charge on any atom is 0.0431 e. The van der Waals surface area contributed by atoms with Crippen LogP contribution >= 0.6 is 0 Å². The Labute approximate surface area is 133 Å². The maximum absolute atomic E-state index is 8.97. The molecule has 0 radical (unpaired) electrons. The summed E-state index contributed by atoms with van der Waals surface area (Å²) in [7, 11) is 0. The van der Waals surface area contributed by atoms with E-state index in [1.165, 1.54) is 22.3 Å². The Kier molecular flexibility index (Phi) is 7.14. The van der Waals surface area contributed by atoms with Crippen LogP contribution in [0.25, 0.3) is 11.1 Å². The van der Waals surface area contributed by atoms with Crippen molar-refractivity contribution in [1.82, 2.24) is 0 Å². The molecule has 0 aliphatic rings. The minimum atomic E-state index is 0.264. The summed E-state index contributed by atoms with van der Waals surface area (Å²) in [5.74, 6) is 0. The zero-order chi connectivity index (χ0) is 15.6. The van der Waals surface area contributed by atoms with E-state index in [0.717, 1.165) is 38.5 Å². The second kappa shape index (κ2) is 9.39. The van der Waals surface area contributed by atoms with Gasteiger partial charge in [0, 0.05) is 13.2 Å². The molecule has 2 aromatic rings. The summed E-state index contributed by atoms with van der Waals surface area (Å²) in [6.45, 7) is 0.528. The van der Waals surface area contributed by atoms with Gasteiger partial charge in [0.15, 0.2) is 0 Å². The van der Waals surface area contributed by atoms with Gasteiger partial charge in [-0.3, -0.25) is 0 Å². The van der Waals surface area contributed by atoms with Crippen LogP contribution in [0.4, 0.5) is 0 Å². The Morgan fingerprint density at radius 1 is 0.545 bits per heavy atom. The van der Waals surface area contributed by atoms with Crippen molar-refractivity contribution < 1.29 is 10.2 Å². The van der Waals surface area contributed by atoms with E-state index in [1.54, 1.807) is 0 Å². The first-order chi connectivity index (χ1) is 10.9. The highest BCUT2D eigenvalue weighted by molar-refractivity contribution is 5.70. The smallest absolute Gasteiger partial charge is 0.0431 e. The Morgan fingerprint density at radius 2 is 0.955 bits per heavy atom. The van der Waals surface area contributed by atoms with Crippen LogP contribution in [-0.4, -0.2) is 23.4 Å². The summed E-state index contributed by atoms with van der Waals surface area (Å²) in [5, 5.41) is 17.9. The SMILES string of the molecule is OCCCCc1ccccc1-c1ccccc1CCCCO. The fourth-order valence-electron chi connectivity index (χ4n) is 2.86. The molecule has 0 saturated heterocycles. The van der Waals surface area contributed by atoms with Gasteiger partial charge >= 0.3 is 0 Å². The monoisotopic (exact) mass is 298 g/mol. The van der Waals surface area contributed by atoms with Crippen molar-refractivity contribution in [1.29, 1.82) is 0 Å². The minimum absolute atomic E-state index is 0.264. The third-order valence-corrected chi connectivity index (χ3v) is 4.03. The Hall–Kier alpha value is -1.64. The van der Waals surface area contributed by atoms with Crippen molar-refractivity contribution in [2.24, 2.45) is 0 Å². The molecule has 0 spiro atoms. The number of hydrogen-bond donors (Lipinski definition) is 2. The largest absolute Gasteiger partial charge is 0.396 e. The van der Waals surface area contributed by atoms with E-state index in [4.69, 9.17) is 10.2 Å². The molecule has 0 heterocycles. The molecule has 2 heteroatoms. The molecule has 22 heavy (non-hydrogen) atoms. The van der Waals surface area contributed by atoms with Crippen molar-refractivity contribution in [2.45, 2.75) is 38.5 Å². The Balaban J connectivity index is 2.23. The van der Waals surface area contributed by atoms with Crippen LogP contribution in [-0.2, 0) is 12.8 Å². The van der Waals surface area contributed by atoms with Crippen LogP contribution < -0.4 is 0 Å². The molecule has 0 aliphatic heterocycles. The van der Waals surface area contributed by atoms with Crippen LogP contribution in [0.2, 0.25) is 0 Å². The fourth-order valence-corrected chi connectivity index (χ4v) is 2.86. The van der Waals surface area contributed by atoms with Crippen LogP contribution in [0.1, 0.15) is 36.8 Å². The molecule has 0 amide bonds. The summed E-state index contributed by atoms with van der Waals surface area (Å²) in [6.07, 6.45) is 5.74. The molecule has 118 valence electrons. The van der Waals surface area contributed by atoms with Gasteiger partial charge in [-0.05, 0) is 60.8 Å². The van der Waals surface area contributed by atoms with Gasteiger partial charge in [-0.1, -0.05) is 48.5 Å². The van der Waals surface area contributed by atoms with E-state index in [9.17, 15) is 0 Å². The van der Waals surface area contributed by atoms with Crippen molar-refractivity contribution in [3.05, 3.63) is 59.7 Å². The molecular weight excluding hydrogens is 272 g/mol. The molecule has 0 aromatic heterocycles. The molecule has 0 unspecified atom stereocenters. The zero-order valence-electron chi connectivity index (χ0n) is 13.2. The molecule has 0 bridgehead atoms. The number of aliphatic hydroxyl groups is 2. The van der Waals surface area contributed by atoms with Gasteiger partial charge in [0.25, 0.3) is 0 Å². The number of aliphatic hydroxyl groups excluding tert-OH is 2. The second-order valence-electron chi connectivity index (χ2n) is 5.68. The third kappa shape index (κ3) is 4.69. The molecule has 0 aliphatic carbocycles. The van der Waals surface area contributed by atoms with Crippen molar-refractivity contribution in [3.63, 3.8) is 0 Å². The van der Waals surface area contributed by atoms with Gasteiger partial charge in [-0.15, -0.1) is 0 Å². The van der Waals surface area contributed by atoms with E-state index < -0.39 is 0 Å². The molecule has 0 fully saturated rings. The molecule has 2 nitrogen and oxygen atoms in total. The van der Waals surface area contributed by atoms with Crippen LogP contribution in [0.3, 0.4) is 0 Å². The van der Waals surface area contributed by atoms with E-state index in [0.29, 0.717) is 0 Å². The lowest BCUT2D eigenvalue weighted by Gasteiger charge is -2.14. The number of benzene rings is 2. The quantitative estimate of drug-likeness (QED) is 0.687. The van der Waals surface area contributed by atoms with Crippen molar-refractivity contribution in [3.8, 4) is 11.1 Å². The normalized spacial score (nSPS) is 10.8. The average Bonchev–Trinajstić information content (AvgIpc) is 2.56. The molecule has 2 N–H and O–H groups in total. The Bertz CT molecular complexity index is 512. The number of hydrogen-bond acceptors (Lipinski definition) is 2. The van der Waals surface area contributed by atoms with E-state index in [2.05, 4.69) is 48.5 Å². The lowest BCUT2D eigenvalue weighted by molar-refractivity contribution is 0.284. The average molecular weight is 298 g/mol. The first kappa shape index (κ1) is 16.7. The van der Waals surface area contributed by atoms with Gasteiger partial charge in [0.05, 0.1) is 0 Å². The summed E-state index contributed by atoms with van der Waals surface area (Å²) >= 11 is 0. The maximum atomic E-state index is 8.97. The predicted octanol–water partition coefficient (Wildman–Crippen LogP) is 3.98. The minimum Gasteiger partial charge on any atom is -0.396 e. The van der Waals surface area contributed by atoms with E-state index in [1.807, 2.05) is 0 Å². The van der Waals surface area contributed by atoms with E-state index >= 15 is 0 Å². The van der Waals surface area contributed by atoms with Crippen LogP contribution in [0.15, 0.2) is 48.5 Å². The van der Waals surface area contributed by atoms with Crippen molar-refractivity contribution >= 4 is 0 Å². The van der Waals surface area contributed by atoms with Gasteiger partial charge in [-0.2, -0.15) is 0 Å². The summed E-state index contributed by atoms with van der Waals surface area (Å²) in [4.78, 5) is 0. The second-order valence-corrected chi connectivity index (χ2v) is 5.68. The summed E-state index contributed by atoms with van der Waals surface area (Å²) in [5.41, 5.74) is 5.32. The zero-order valence-corrected chi connectivity index (χ0v) is 13.2.